The van der Waals surface area contributed by atoms with E-state index in [9.17, 15) is 18.8 Å². The highest BCUT2D eigenvalue weighted by molar-refractivity contribution is 6.34. The Morgan fingerprint density at radius 1 is 1.21 bits per heavy atom. The number of benzene rings is 1. The summed E-state index contributed by atoms with van der Waals surface area (Å²) in [7, 11) is 0. The van der Waals surface area contributed by atoms with Crippen molar-refractivity contribution in [2.24, 2.45) is 0 Å². The first-order chi connectivity index (χ1) is 11.4. The van der Waals surface area contributed by atoms with Crippen molar-refractivity contribution < 1.29 is 23.5 Å². The molecule has 1 aromatic carbocycles. The zero-order valence-corrected chi connectivity index (χ0v) is 13.8. The van der Waals surface area contributed by atoms with Crippen LogP contribution in [-0.2, 0) is 14.4 Å². The van der Waals surface area contributed by atoms with Gasteiger partial charge in [-0.3, -0.25) is 14.4 Å². The Morgan fingerprint density at radius 2 is 1.79 bits per heavy atom. The largest absolute Gasteiger partial charge is 0.484 e. The molecule has 24 heavy (non-hydrogen) atoms. The van der Waals surface area contributed by atoms with Gasteiger partial charge in [-0.1, -0.05) is 11.6 Å². The molecule has 7 heteroatoms. The van der Waals surface area contributed by atoms with Gasteiger partial charge in [0.05, 0.1) is 10.7 Å². The number of nitrogens with zero attached hydrogens (tertiary/aromatic N) is 1. The van der Waals surface area contributed by atoms with Gasteiger partial charge in [0, 0.05) is 17.2 Å². The number of ketones is 1. The van der Waals surface area contributed by atoms with Crippen LogP contribution in [0, 0.1) is 5.82 Å². The van der Waals surface area contributed by atoms with Gasteiger partial charge in [0.1, 0.15) is 18.2 Å². The van der Waals surface area contributed by atoms with Gasteiger partial charge in [-0.25, -0.2) is 9.29 Å². The van der Waals surface area contributed by atoms with Crippen LogP contribution in [0.1, 0.15) is 32.6 Å². The smallest absolute Gasteiger partial charge is 0.261 e. The summed E-state index contributed by atoms with van der Waals surface area (Å²) in [5, 5.41) is -0.0330. The van der Waals surface area contributed by atoms with Crippen LogP contribution in [0.5, 0.6) is 5.75 Å². The van der Waals surface area contributed by atoms with Crippen LogP contribution in [-0.4, -0.2) is 24.2 Å². The van der Waals surface area contributed by atoms with Crippen LogP contribution in [0.4, 0.5) is 10.1 Å². The number of ether oxygens (including phenoxy) is 1. The van der Waals surface area contributed by atoms with E-state index in [1.807, 2.05) is 0 Å². The van der Waals surface area contributed by atoms with Crippen molar-refractivity contribution in [1.29, 1.82) is 0 Å². The highest BCUT2D eigenvalue weighted by Gasteiger charge is 2.41. The second-order valence-corrected chi connectivity index (χ2v) is 6.24. The van der Waals surface area contributed by atoms with Gasteiger partial charge in [-0.05, 0) is 38.7 Å². The lowest BCUT2D eigenvalue weighted by atomic mass is 9.93. The third kappa shape index (κ3) is 2.82. The van der Waals surface area contributed by atoms with Gasteiger partial charge >= 0.3 is 0 Å². The van der Waals surface area contributed by atoms with E-state index in [2.05, 4.69) is 0 Å². The molecule has 0 bridgehead atoms. The van der Waals surface area contributed by atoms with Crippen LogP contribution in [0.3, 0.4) is 0 Å². The lowest BCUT2D eigenvalue weighted by Gasteiger charge is -2.18. The van der Waals surface area contributed by atoms with Crippen molar-refractivity contribution in [2.75, 3.05) is 11.5 Å². The first-order valence-corrected chi connectivity index (χ1v) is 8.00. The molecule has 0 aromatic heterocycles. The maximum Gasteiger partial charge on any atom is 0.261 e. The molecule has 0 spiro atoms. The third-order valence-corrected chi connectivity index (χ3v) is 4.36. The molecule has 2 amide bonds. The van der Waals surface area contributed by atoms with E-state index in [4.69, 9.17) is 16.3 Å². The first-order valence-electron chi connectivity index (χ1n) is 7.62. The highest BCUT2D eigenvalue weighted by atomic mass is 35.5. The van der Waals surface area contributed by atoms with Gasteiger partial charge < -0.3 is 4.74 Å². The van der Waals surface area contributed by atoms with Gasteiger partial charge in [0.2, 0.25) is 0 Å². The van der Waals surface area contributed by atoms with Gasteiger partial charge in [0.15, 0.2) is 5.78 Å². The fourth-order valence-corrected chi connectivity index (χ4v) is 3.14. The van der Waals surface area contributed by atoms with Crippen molar-refractivity contribution in [3.8, 4) is 5.75 Å². The molecule has 0 N–H and O–H groups in total. The number of carbonyl (C=O) groups is 3. The van der Waals surface area contributed by atoms with E-state index < -0.39 is 17.6 Å². The summed E-state index contributed by atoms with van der Waals surface area (Å²) >= 11 is 5.91. The Labute approximate surface area is 143 Å². The number of carbonyl (C=O) groups excluding carboxylic acids is 3. The number of rotatable bonds is 4. The van der Waals surface area contributed by atoms with Gasteiger partial charge in [-0.15, -0.1) is 0 Å². The third-order valence-electron chi connectivity index (χ3n) is 4.06. The lowest BCUT2D eigenvalue weighted by molar-refractivity contribution is -0.121. The molecular formula is C17H15ClFNO4. The standard InChI is InChI=1S/C17H15ClFNO4/c1-9(21)8-24-15-7-14(13(19)6-12(15)18)20-16(22)10-4-2-3-5-11(10)17(20)23/h6-7H,2-5,8H2,1H3. The molecular weight excluding hydrogens is 337 g/mol. The highest BCUT2D eigenvalue weighted by Crippen LogP contribution is 2.39. The maximum atomic E-state index is 14.3. The van der Waals surface area contributed by atoms with Crippen molar-refractivity contribution in [3.63, 3.8) is 0 Å². The Bertz CT molecular complexity index is 759. The summed E-state index contributed by atoms with van der Waals surface area (Å²) in [4.78, 5) is 36.9. The summed E-state index contributed by atoms with van der Waals surface area (Å²) in [6.07, 6.45) is 2.72. The molecule has 126 valence electrons. The SMILES string of the molecule is CC(=O)COc1cc(N2C(=O)C3=C(CCCC3)C2=O)c(F)cc1Cl. The minimum Gasteiger partial charge on any atom is -0.484 e. The number of imide groups is 1. The number of hydrogen-bond acceptors (Lipinski definition) is 4. The number of Topliss-reactive ketones (excluding diaryl/α,β-unsaturated/α-hetero) is 1. The topological polar surface area (TPSA) is 63.7 Å². The molecule has 0 radical (unpaired) electrons. The number of anilines is 1. The van der Waals surface area contributed by atoms with Crippen LogP contribution in [0.15, 0.2) is 23.3 Å². The van der Waals surface area contributed by atoms with E-state index in [-0.39, 0.29) is 28.8 Å². The fourth-order valence-electron chi connectivity index (χ4n) is 2.94. The van der Waals surface area contributed by atoms with Crippen molar-refractivity contribution in [1.82, 2.24) is 0 Å². The summed E-state index contributed by atoms with van der Waals surface area (Å²) in [5.74, 6) is -1.96. The predicted molar refractivity (Wildman–Crippen MR) is 85.6 cm³/mol. The molecule has 1 aliphatic heterocycles. The second-order valence-electron chi connectivity index (χ2n) is 5.83. The Kier molecular flexibility index (Phi) is 4.41. The summed E-state index contributed by atoms with van der Waals surface area (Å²) in [6.45, 7) is 1.10. The predicted octanol–water partition coefficient (Wildman–Crippen LogP) is 3.19. The monoisotopic (exact) mass is 351 g/mol. The molecule has 2 aliphatic rings. The van der Waals surface area contributed by atoms with Crippen LogP contribution in [0.25, 0.3) is 0 Å². The Hall–Kier alpha value is -2.21. The van der Waals surface area contributed by atoms with Crippen molar-refractivity contribution in [3.05, 3.63) is 34.1 Å². The average molecular weight is 352 g/mol. The van der Waals surface area contributed by atoms with E-state index in [0.717, 1.165) is 23.8 Å². The summed E-state index contributed by atoms with van der Waals surface area (Å²) < 4.78 is 19.6. The Morgan fingerprint density at radius 3 is 2.33 bits per heavy atom. The zero-order chi connectivity index (χ0) is 17.4. The molecule has 5 nitrogen and oxygen atoms in total. The lowest BCUT2D eigenvalue weighted by Crippen LogP contribution is -2.32. The molecule has 1 aromatic rings. The molecule has 3 rings (SSSR count). The quantitative estimate of drug-likeness (QED) is 0.781. The first kappa shape index (κ1) is 16.6. The van der Waals surface area contributed by atoms with E-state index >= 15 is 0 Å². The molecule has 0 fully saturated rings. The summed E-state index contributed by atoms with van der Waals surface area (Å²) in [5.41, 5.74) is 0.723. The fraction of sp³-hybridized carbons (Fsp3) is 0.353. The second kappa shape index (κ2) is 6.36. The maximum absolute atomic E-state index is 14.3. The van der Waals surface area contributed by atoms with Gasteiger partial charge in [0.25, 0.3) is 11.8 Å². The van der Waals surface area contributed by atoms with Crippen molar-refractivity contribution in [2.45, 2.75) is 32.6 Å². The molecule has 0 saturated carbocycles. The molecule has 1 aliphatic carbocycles. The van der Waals surface area contributed by atoms with Crippen LogP contribution < -0.4 is 9.64 Å². The molecule has 0 unspecified atom stereocenters. The van der Waals surface area contributed by atoms with Gasteiger partial charge in [-0.2, -0.15) is 0 Å². The normalized spacial score (nSPS) is 17.4. The van der Waals surface area contributed by atoms with E-state index in [0.29, 0.717) is 24.0 Å². The zero-order valence-electron chi connectivity index (χ0n) is 13.0. The Balaban J connectivity index is 1.97. The van der Waals surface area contributed by atoms with E-state index in [1.165, 1.54) is 13.0 Å². The minimum absolute atomic E-state index is 0.0330. The van der Waals surface area contributed by atoms with Crippen molar-refractivity contribution >= 4 is 34.9 Å². The number of hydrogen-bond donors (Lipinski definition) is 0. The minimum atomic E-state index is -0.795. The molecule has 0 saturated heterocycles. The summed E-state index contributed by atoms with van der Waals surface area (Å²) in [6, 6.07) is 2.17. The molecule has 1 heterocycles. The number of amides is 2. The van der Waals surface area contributed by atoms with Crippen LogP contribution in [0.2, 0.25) is 5.02 Å². The number of halogens is 2. The van der Waals surface area contributed by atoms with E-state index in [1.54, 1.807) is 0 Å². The average Bonchev–Trinajstić information content (AvgIpc) is 2.79. The molecule has 0 atom stereocenters. The van der Waals surface area contributed by atoms with Crippen LogP contribution >= 0.6 is 11.6 Å².